The Bertz CT molecular complexity index is 833. The van der Waals surface area contributed by atoms with Crippen LogP contribution in [-0.2, 0) is 6.54 Å². The number of carbonyl (C=O) groups excluding carboxylic acids is 1. The van der Waals surface area contributed by atoms with Crippen molar-refractivity contribution in [2.75, 3.05) is 5.75 Å². The lowest BCUT2D eigenvalue weighted by Crippen LogP contribution is -2.06. The number of H-pyrrole nitrogens is 1. The van der Waals surface area contributed by atoms with Crippen molar-refractivity contribution in [3.63, 3.8) is 0 Å². The highest BCUT2D eigenvalue weighted by molar-refractivity contribution is 7.99. The van der Waals surface area contributed by atoms with E-state index in [9.17, 15) is 4.79 Å². The maximum absolute atomic E-state index is 12.5. The summed E-state index contributed by atoms with van der Waals surface area (Å²) in [7, 11) is 0. The van der Waals surface area contributed by atoms with Crippen LogP contribution in [0.1, 0.15) is 35.1 Å². The van der Waals surface area contributed by atoms with Crippen LogP contribution in [0.15, 0.2) is 28.7 Å². The molecule has 0 unspecified atom stereocenters. The molecule has 3 aromatic rings. The summed E-state index contributed by atoms with van der Waals surface area (Å²) in [5.41, 5.74) is 3.00. The maximum Gasteiger partial charge on any atom is 0.209 e. The van der Waals surface area contributed by atoms with Crippen LogP contribution in [0.4, 0.5) is 0 Å². The van der Waals surface area contributed by atoms with Crippen molar-refractivity contribution in [1.82, 2.24) is 19.7 Å². The number of nitrogens with one attached hydrogen (secondary N) is 1. The van der Waals surface area contributed by atoms with E-state index in [1.54, 1.807) is 11.3 Å². The van der Waals surface area contributed by atoms with Gasteiger partial charge in [0.25, 0.3) is 0 Å². The second-order valence-corrected chi connectivity index (χ2v) is 7.48. The largest absolute Gasteiger partial charge is 0.348 e. The maximum atomic E-state index is 12.5. The highest BCUT2D eigenvalue weighted by Crippen LogP contribution is 2.24. The first-order valence-corrected chi connectivity index (χ1v) is 9.75. The number of rotatable bonds is 7. The summed E-state index contributed by atoms with van der Waals surface area (Å²) in [6, 6.07) is 5.96. The van der Waals surface area contributed by atoms with Gasteiger partial charge in [0.15, 0.2) is 11.6 Å². The first-order valence-electron chi connectivity index (χ1n) is 7.89. The lowest BCUT2D eigenvalue weighted by Gasteiger charge is -2.07. The average molecular weight is 361 g/mol. The van der Waals surface area contributed by atoms with E-state index in [1.165, 1.54) is 11.8 Å². The van der Waals surface area contributed by atoms with Crippen LogP contribution in [0, 0.1) is 13.8 Å². The normalized spacial score (nSPS) is 11.1. The third-order valence-electron chi connectivity index (χ3n) is 3.87. The number of aromatic nitrogens is 4. The first-order chi connectivity index (χ1) is 11.6. The molecule has 1 N–H and O–H groups in total. The number of thioether (sulfide) groups is 1. The van der Waals surface area contributed by atoms with Crippen molar-refractivity contribution in [1.29, 1.82) is 0 Å². The number of Topliss-reactive ketones (excluding diaryl/α,β-unsaturated/α-hetero) is 1. The van der Waals surface area contributed by atoms with E-state index < -0.39 is 0 Å². The molecule has 0 aliphatic rings. The van der Waals surface area contributed by atoms with Crippen molar-refractivity contribution >= 4 is 28.9 Å². The summed E-state index contributed by atoms with van der Waals surface area (Å²) in [6.07, 6.45) is 1.06. The summed E-state index contributed by atoms with van der Waals surface area (Å²) in [4.78, 5) is 18.0. The zero-order valence-corrected chi connectivity index (χ0v) is 15.6. The molecule has 0 aliphatic carbocycles. The van der Waals surface area contributed by atoms with E-state index in [-0.39, 0.29) is 5.78 Å². The van der Waals surface area contributed by atoms with Crippen LogP contribution in [0.5, 0.6) is 0 Å². The second kappa shape index (κ2) is 7.36. The molecule has 5 nitrogen and oxygen atoms in total. The zero-order valence-electron chi connectivity index (χ0n) is 14.0. The van der Waals surface area contributed by atoms with Crippen LogP contribution in [0.3, 0.4) is 0 Å². The minimum Gasteiger partial charge on any atom is -0.348 e. The molecule has 0 fully saturated rings. The molecule has 7 heteroatoms. The van der Waals surface area contributed by atoms with Crippen molar-refractivity contribution in [2.24, 2.45) is 0 Å². The van der Waals surface area contributed by atoms with Crippen LogP contribution >= 0.6 is 23.1 Å². The van der Waals surface area contributed by atoms with E-state index in [1.807, 2.05) is 30.5 Å². The number of hydrogen-bond acceptors (Lipinski definition) is 5. The fourth-order valence-electron chi connectivity index (χ4n) is 2.69. The highest BCUT2D eigenvalue weighted by atomic mass is 32.2. The molecule has 0 spiro atoms. The summed E-state index contributed by atoms with van der Waals surface area (Å²) in [5.74, 6) is 1.22. The van der Waals surface area contributed by atoms with E-state index in [2.05, 4.69) is 33.6 Å². The van der Waals surface area contributed by atoms with Crippen molar-refractivity contribution in [2.45, 2.75) is 38.9 Å². The van der Waals surface area contributed by atoms with Crippen LogP contribution in [-0.4, -0.2) is 31.3 Å². The minimum atomic E-state index is 0.123. The highest BCUT2D eigenvalue weighted by Gasteiger charge is 2.16. The second-order valence-electron chi connectivity index (χ2n) is 5.59. The lowest BCUT2D eigenvalue weighted by molar-refractivity contribution is 0.102. The van der Waals surface area contributed by atoms with Gasteiger partial charge >= 0.3 is 0 Å². The van der Waals surface area contributed by atoms with E-state index >= 15 is 0 Å². The zero-order chi connectivity index (χ0) is 17.1. The van der Waals surface area contributed by atoms with Crippen molar-refractivity contribution in [3.8, 4) is 10.7 Å². The number of aryl methyl sites for hydroxylation is 1. The Morgan fingerprint density at radius 1 is 1.42 bits per heavy atom. The van der Waals surface area contributed by atoms with E-state index in [0.29, 0.717) is 10.9 Å². The van der Waals surface area contributed by atoms with Crippen LogP contribution < -0.4 is 0 Å². The van der Waals surface area contributed by atoms with Gasteiger partial charge in [0.2, 0.25) is 5.16 Å². The SMILES string of the molecule is CCCn1c(C)cc(C(=O)CSc2n[nH]c(-c3cccs3)n2)c1C. The van der Waals surface area contributed by atoms with Gasteiger partial charge in [0.05, 0.1) is 10.6 Å². The average Bonchev–Trinajstić information content (AvgIpc) is 3.29. The molecule has 0 bridgehead atoms. The van der Waals surface area contributed by atoms with Gasteiger partial charge in [-0.25, -0.2) is 4.98 Å². The molecule has 0 aliphatic heterocycles. The quantitative estimate of drug-likeness (QED) is 0.503. The fraction of sp³-hybridized carbons (Fsp3) is 0.353. The van der Waals surface area contributed by atoms with Gasteiger partial charge in [-0.2, -0.15) is 0 Å². The Balaban J connectivity index is 1.67. The molecule has 0 saturated carbocycles. The number of thiophene rings is 1. The Labute approximate surface area is 149 Å². The third kappa shape index (κ3) is 3.47. The Morgan fingerprint density at radius 3 is 2.96 bits per heavy atom. The molecule has 0 radical (unpaired) electrons. The van der Waals surface area contributed by atoms with Crippen LogP contribution in [0.25, 0.3) is 10.7 Å². The fourth-order valence-corrected chi connectivity index (χ4v) is 4.04. The van der Waals surface area contributed by atoms with Gasteiger partial charge in [-0.1, -0.05) is 24.8 Å². The standard InChI is InChI=1S/C17H20N4OS2/c1-4-7-21-11(2)9-13(12(21)3)14(22)10-24-17-18-16(19-20-17)15-6-5-8-23-15/h5-6,8-9H,4,7,10H2,1-3H3,(H,18,19,20). The number of nitrogens with zero attached hydrogens (tertiary/aromatic N) is 3. The Hall–Kier alpha value is -1.86. The van der Waals surface area contributed by atoms with E-state index in [4.69, 9.17) is 0 Å². The molecule has 24 heavy (non-hydrogen) atoms. The van der Waals surface area contributed by atoms with E-state index in [0.717, 1.165) is 40.6 Å². The molecule has 0 amide bonds. The molecule has 3 aromatic heterocycles. The van der Waals surface area contributed by atoms with Crippen molar-refractivity contribution in [3.05, 3.63) is 40.5 Å². The molecule has 126 valence electrons. The third-order valence-corrected chi connectivity index (χ3v) is 5.60. The van der Waals surface area contributed by atoms with Gasteiger partial charge in [0, 0.05) is 23.5 Å². The molecule has 0 saturated heterocycles. The molecule has 3 rings (SSSR count). The summed E-state index contributed by atoms with van der Waals surface area (Å²) in [6.45, 7) is 7.16. The predicted molar refractivity (Wildman–Crippen MR) is 98.9 cm³/mol. The first kappa shape index (κ1) is 17.0. The molecular weight excluding hydrogens is 340 g/mol. The van der Waals surface area contributed by atoms with Gasteiger partial charge in [0.1, 0.15) is 0 Å². The number of carbonyl (C=O) groups is 1. The minimum absolute atomic E-state index is 0.123. The van der Waals surface area contributed by atoms with Crippen LogP contribution in [0.2, 0.25) is 0 Å². The van der Waals surface area contributed by atoms with Gasteiger partial charge in [-0.05, 0) is 37.8 Å². The number of hydrogen-bond donors (Lipinski definition) is 1. The smallest absolute Gasteiger partial charge is 0.209 e. The number of aromatic amines is 1. The summed E-state index contributed by atoms with van der Waals surface area (Å²) in [5, 5.41) is 9.72. The van der Waals surface area contributed by atoms with Crippen molar-refractivity contribution < 1.29 is 4.79 Å². The Morgan fingerprint density at radius 2 is 2.25 bits per heavy atom. The van der Waals surface area contributed by atoms with Gasteiger partial charge in [-0.15, -0.1) is 16.4 Å². The summed E-state index contributed by atoms with van der Waals surface area (Å²) < 4.78 is 2.21. The monoisotopic (exact) mass is 360 g/mol. The molecule has 3 heterocycles. The Kier molecular flexibility index (Phi) is 5.20. The summed E-state index contributed by atoms with van der Waals surface area (Å²) >= 11 is 2.98. The number of ketones is 1. The van der Waals surface area contributed by atoms with Gasteiger partial charge < -0.3 is 4.57 Å². The topological polar surface area (TPSA) is 63.6 Å². The molecule has 0 atom stereocenters. The lowest BCUT2D eigenvalue weighted by atomic mass is 10.2. The molecule has 0 aromatic carbocycles. The predicted octanol–water partition coefficient (Wildman–Crippen LogP) is 4.34. The molecular formula is C17H20N4OS2. The van der Waals surface area contributed by atoms with Gasteiger partial charge in [-0.3, -0.25) is 9.89 Å².